The molecule has 2 heterocycles. The zero-order valence-corrected chi connectivity index (χ0v) is 27.8. The van der Waals surface area contributed by atoms with Gasteiger partial charge in [-0.1, -0.05) is 18.2 Å². The van der Waals surface area contributed by atoms with Crippen LogP contribution < -0.4 is 5.32 Å². The van der Waals surface area contributed by atoms with E-state index in [1.165, 1.54) is 17.1 Å². The van der Waals surface area contributed by atoms with Crippen molar-refractivity contribution >= 4 is 79.2 Å². The number of hydrogen-bond donors (Lipinski definition) is 3. The van der Waals surface area contributed by atoms with E-state index in [-0.39, 0.29) is 24.2 Å². The SMILES string of the molecule is O=C(O)C(=O)N=C=C=CC=C=C=NC(=O)[C@@H](Cc1cc(Br)c(O)c(Br)c1)OC(=O)N1CCC(N2CCc3ccccc3NC2=O)CC1. The second-order valence-corrected chi connectivity index (χ2v) is 12.0. The highest BCUT2D eigenvalue weighted by Crippen LogP contribution is 2.34. The first-order valence-corrected chi connectivity index (χ1v) is 15.8. The Morgan fingerprint density at radius 1 is 1.02 bits per heavy atom. The van der Waals surface area contributed by atoms with Gasteiger partial charge in [0.25, 0.3) is 5.91 Å². The van der Waals surface area contributed by atoms with E-state index in [1.807, 2.05) is 30.1 Å². The van der Waals surface area contributed by atoms with Crippen LogP contribution in [0.25, 0.3) is 0 Å². The van der Waals surface area contributed by atoms with Gasteiger partial charge in [0.1, 0.15) is 5.75 Å². The Morgan fingerprint density at radius 2 is 1.66 bits per heavy atom. The van der Waals surface area contributed by atoms with Crippen molar-refractivity contribution in [2.45, 2.75) is 37.8 Å². The van der Waals surface area contributed by atoms with Gasteiger partial charge in [-0.05, 0) is 104 Å². The first-order valence-electron chi connectivity index (χ1n) is 14.2. The number of hydrogen-bond acceptors (Lipinski definition) is 7. The lowest BCUT2D eigenvalue weighted by Gasteiger charge is -2.37. The van der Waals surface area contributed by atoms with Crippen LogP contribution in [0.5, 0.6) is 5.75 Å². The molecule has 2 aliphatic heterocycles. The predicted molar refractivity (Wildman–Crippen MR) is 177 cm³/mol. The van der Waals surface area contributed by atoms with Gasteiger partial charge >= 0.3 is 24.0 Å². The number of para-hydroxylation sites is 1. The van der Waals surface area contributed by atoms with Crippen LogP contribution in [0, 0.1) is 0 Å². The maximum Gasteiger partial charge on any atom is 0.410 e. The molecule has 1 fully saturated rings. The summed E-state index contributed by atoms with van der Waals surface area (Å²) < 4.78 is 6.36. The lowest BCUT2D eigenvalue weighted by atomic mass is 10.0. The normalized spacial score (nSPS) is 14.7. The molecule has 0 unspecified atom stereocenters. The summed E-state index contributed by atoms with van der Waals surface area (Å²) in [5.41, 5.74) is 7.14. The molecule has 0 aliphatic carbocycles. The fraction of sp³-hybridized carbons (Fsp3) is 0.281. The molecule has 15 heteroatoms. The number of phenols is 1. The second-order valence-electron chi connectivity index (χ2n) is 10.3. The minimum absolute atomic E-state index is 0.0379. The molecule has 0 spiro atoms. The maximum absolute atomic E-state index is 13.2. The third kappa shape index (κ3) is 9.75. The molecule has 1 saturated heterocycles. The Kier molecular flexibility index (Phi) is 12.3. The first kappa shape index (κ1) is 34.9. The molecule has 0 bridgehead atoms. The number of aliphatic carboxylic acids is 1. The van der Waals surface area contributed by atoms with Crippen LogP contribution in [0.3, 0.4) is 0 Å². The summed E-state index contributed by atoms with van der Waals surface area (Å²) in [5, 5.41) is 21.5. The number of carboxylic acids is 1. The van der Waals surface area contributed by atoms with Crippen LogP contribution in [-0.2, 0) is 32.0 Å². The quantitative estimate of drug-likeness (QED) is 0.167. The number of allylic oxidation sites excluding steroid dienone is 2. The fourth-order valence-corrected chi connectivity index (χ4v) is 6.15. The zero-order chi connectivity index (χ0) is 33.9. The van der Waals surface area contributed by atoms with Gasteiger partial charge in [0.2, 0.25) is 0 Å². The van der Waals surface area contributed by atoms with Gasteiger partial charge in [-0.15, -0.1) is 4.99 Å². The van der Waals surface area contributed by atoms with Crippen molar-refractivity contribution in [1.29, 1.82) is 0 Å². The first-order chi connectivity index (χ1) is 22.5. The van der Waals surface area contributed by atoms with Crippen molar-refractivity contribution in [3.05, 3.63) is 80.1 Å². The number of anilines is 1. The van der Waals surface area contributed by atoms with Gasteiger partial charge in [0.05, 0.1) is 8.95 Å². The molecule has 4 rings (SSSR count). The minimum atomic E-state index is -1.74. The molecule has 0 aromatic heterocycles. The molecule has 2 aliphatic rings. The van der Waals surface area contributed by atoms with Crippen molar-refractivity contribution in [3.63, 3.8) is 0 Å². The number of halogens is 2. The summed E-state index contributed by atoms with van der Waals surface area (Å²) in [4.78, 5) is 70.5. The highest BCUT2D eigenvalue weighted by atomic mass is 79.9. The summed E-state index contributed by atoms with van der Waals surface area (Å²) in [6.45, 7) is 1.17. The number of aliphatic imine (C=N–C) groups is 2. The maximum atomic E-state index is 13.2. The fourth-order valence-electron chi connectivity index (χ4n) is 4.87. The molecule has 3 N–H and O–H groups in total. The number of rotatable bonds is 6. The van der Waals surface area contributed by atoms with Gasteiger partial charge in [0.15, 0.2) is 6.10 Å². The van der Waals surface area contributed by atoms with Crippen molar-refractivity contribution in [3.8, 4) is 5.75 Å². The highest BCUT2D eigenvalue weighted by molar-refractivity contribution is 9.11. The van der Waals surface area contributed by atoms with Crippen molar-refractivity contribution in [2.24, 2.45) is 9.98 Å². The summed E-state index contributed by atoms with van der Waals surface area (Å²) in [6.07, 6.45) is 2.00. The number of amides is 5. The number of nitrogens with one attached hydrogen (secondary N) is 1. The van der Waals surface area contributed by atoms with Crippen LogP contribution >= 0.6 is 31.9 Å². The molecule has 47 heavy (non-hydrogen) atoms. The zero-order valence-electron chi connectivity index (χ0n) is 24.6. The molecule has 2 aromatic rings. The highest BCUT2D eigenvalue weighted by Gasteiger charge is 2.33. The van der Waals surface area contributed by atoms with Gasteiger partial charge in [-0.2, -0.15) is 4.99 Å². The Morgan fingerprint density at radius 3 is 2.32 bits per heavy atom. The molecular formula is C32H27Br2N5O8. The standard InChI is InChI=1S/C32H27Br2N5O8/c33-23-17-20(18-24(34)27(23)40)19-26(28(41)35-12-5-1-2-6-13-36-29(42)30(43)44)47-32(46)38-14-10-22(11-15-38)39-16-9-21-7-3-4-8-25(21)37-31(39)45/h1-4,7-8,17-18,22,26,40H,9-11,14-16,19H2,(H,37,45)(H,43,44)/t26-/m1/s1. The largest absolute Gasteiger partial charge is 0.506 e. The summed E-state index contributed by atoms with van der Waals surface area (Å²) in [5.74, 6) is 0.260. The average Bonchev–Trinajstić information content (AvgIpc) is 3.22. The van der Waals surface area contributed by atoms with E-state index in [0.717, 1.165) is 11.3 Å². The molecule has 0 radical (unpaired) electrons. The van der Waals surface area contributed by atoms with Crippen LogP contribution in [0.15, 0.2) is 78.9 Å². The Labute approximate surface area is 285 Å². The van der Waals surface area contributed by atoms with E-state index in [1.54, 1.807) is 17.0 Å². The van der Waals surface area contributed by atoms with E-state index in [0.29, 0.717) is 53.4 Å². The van der Waals surface area contributed by atoms with E-state index in [9.17, 15) is 29.1 Å². The summed E-state index contributed by atoms with van der Waals surface area (Å²) >= 11 is 6.51. The molecule has 242 valence electrons. The van der Waals surface area contributed by atoms with Gasteiger partial charge in [0, 0.05) is 49.5 Å². The summed E-state index contributed by atoms with van der Waals surface area (Å²) in [6, 6.07) is 10.6. The Hall–Kier alpha value is -4.99. The minimum Gasteiger partial charge on any atom is -0.506 e. The van der Waals surface area contributed by atoms with E-state index < -0.39 is 30.0 Å². The Balaban J connectivity index is 1.43. The number of likely N-dealkylation sites (tertiary alicyclic amines) is 1. The number of ether oxygens (including phenoxy) is 1. The van der Waals surface area contributed by atoms with Gasteiger partial charge < -0.3 is 30.1 Å². The van der Waals surface area contributed by atoms with Crippen LogP contribution in [0.2, 0.25) is 0 Å². The molecule has 1 atom stereocenters. The van der Waals surface area contributed by atoms with E-state index in [2.05, 4.69) is 64.5 Å². The number of aromatic hydroxyl groups is 1. The third-order valence-corrected chi connectivity index (χ3v) is 8.42. The molecule has 0 saturated carbocycles. The smallest absolute Gasteiger partial charge is 0.410 e. The topological polar surface area (TPSA) is 178 Å². The molecule has 13 nitrogen and oxygen atoms in total. The van der Waals surface area contributed by atoms with Crippen LogP contribution in [0.1, 0.15) is 24.0 Å². The van der Waals surface area contributed by atoms with Crippen molar-refractivity contribution in [1.82, 2.24) is 9.80 Å². The number of nitrogens with zero attached hydrogens (tertiary/aromatic N) is 4. The Bertz CT molecular complexity index is 1770. The molecule has 2 aromatic carbocycles. The van der Waals surface area contributed by atoms with Crippen LogP contribution in [0.4, 0.5) is 15.3 Å². The van der Waals surface area contributed by atoms with Gasteiger partial charge in [-0.25, -0.2) is 14.4 Å². The van der Waals surface area contributed by atoms with Gasteiger partial charge in [-0.3, -0.25) is 9.59 Å². The number of fused-ring (bicyclic) bond motifs is 1. The number of benzene rings is 2. The number of piperidine rings is 1. The summed E-state index contributed by atoms with van der Waals surface area (Å²) in [7, 11) is 0. The number of carbonyl (C=O) groups excluding carboxylic acids is 4. The number of phenolic OH excluding ortho intramolecular Hbond substituents is 1. The lowest BCUT2D eigenvalue weighted by Crippen LogP contribution is -2.50. The second kappa shape index (κ2) is 16.5. The van der Waals surface area contributed by atoms with E-state index in [4.69, 9.17) is 9.84 Å². The third-order valence-electron chi connectivity index (χ3n) is 7.21. The van der Waals surface area contributed by atoms with Crippen molar-refractivity contribution < 1.29 is 38.9 Å². The number of carbonyl (C=O) groups is 5. The molecular weight excluding hydrogens is 742 g/mol. The van der Waals surface area contributed by atoms with Crippen molar-refractivity contribution in [2.75, 3.05) is 25.0 Å². The average molecular weight is 769 g/mol. The van der Waals surface area contributed by atoms with Crippen LogP contribution in [-0.4, -0.2) is 93.4 Å². The lowest BCUT2D eigenvalue weighted by molar-refractivity contribution is -0.148. The predicted octanol–water partition coefficient (Wildman–Crippen LogP) is 4.42. The number of urea groups is 1. The molecule has 5 amide bonds. The monoisotopic (exact) mass is 767 g/mol. The number of carboxylic acid groups (broad SMARTS) is 1. The van der Waals surface area contributed by atoms with E-state index >= 15 is 0 Å².